The Kier molecular flexibility index (Phi) is 2.26. The van der Waals surface area contributed by atoms with Gasteiger partial charge in [0.2, 0.25) is 0 Å². The molecule has 19 heavy (non-hydrogen) atoms. The summed E-state index contributed by atoms with van der Waals surface area (Å²) in [4.78, 5) is 0. The van der Waals surface area contributed by atoms with Crippen LogP contribution in [0.3, 0.4) is 0 Å². The van der Waals surface area contributed by atoms with E-state index in [9.17, 15) is 4.39 Å². The highest BCUT2D eigenvalue weighted by atomic mass is 19.1. The van der Waals surface area contributed by atoms with Gasteiger partial charge in [-0.25, -0.2) is 4.39 Å². The summed E-state index contributed by atoms with van der Waals surface area (Å²) in [6.07, 6.45) is 7.46. The number of rotatable bonds is 1. The standard InChI is InChI=1S/C17H22FN/c1-11-4-14(2-3-15(11)18)16-6-12-5-13(7-16)9-17(19,8-12)10-16/h2-4,12-13H,5-10,19H2,1H3. The highest BCUT2D eigenvalue weighted by Crippen LogP contribution is 2.61. The molecule has 4 bridgehead atoms. The summed E-state index contributed by atoms with van der Waals surface area (Å²) >= 11 is 0. The van der Waals surface area contributed by atoms with Crippen LogP contribution in [0.1, 0.15) is 49.7 Å². The minimum absolute atomic E-state index is 0.0619. The maximum Gasteiger partial charge on any atom is 0.126 e. The summed E-state index contributed by atoms with van der Waals surface area (Å²) in [5.41, 5.74) is 9.07. The molecule has 4 saturated carbocycles. The Morgan fingerprint density at radius 3 is 2.42 bits per heavy atom. The van der Waals surface area contributed by atoms with Gasteiger partial charge in [0.05, 0.1) is 0 Å². The fourth-order valence-electron chi connectivity index (χ4n) is 5.65. The second kappa shape index (κ2) is 3.60. The Bertz CT molecular complexity index is 522. The van der Waals surface area contributed by atoms with Gasteiger partial charge in [0.25, 0.3) is 0 Å². The molecular weight excluding hydrogens is 237 g/mol. The molecule has 2 heteroatoms. The maximum atomic E-state index is 13.5. The van der Waals surface area contributed by atoms with Crippen molar-refractivity contribution >= 4 is 0 Å². The zero-order valence-electron chi connectivity index (χ0n) is 11.6. The maximum absolute atomic E-state index is 13.5. The minimum Gasteiger partial charge on any atom is -0.325 e. The Labute approximate surface area is 114 Å². The lowest BCUT2D eigenvalue weighted by atomic mass is 9.45. The molecule has 1 aromatic rings. The van der Waals surface area contributed by atoms with Crippen LogP contribution in [0.4, 0.5) is 4.39 Å². The number of aryl methyl sites for hydroxylation is 1. The molecule has 0 aliphatic heterocycles. The Morgan fingerprint density at radius 1 is 1.16 bits per heavy atom. The molecule has 0 radical (unpaired) electrons. The first-order valence-electron chi connectivity index (χ1n) is 7.54. The van der Waals surface area contributed by atoms with E-state index < -0.39 is 0 Å². The van der Waals surface area contributed by atoms with Gasteiger partial charge in [-0.15, -0.1) is 0 Å². The third kappa shape index (κ3) is 1.69. The van der Waals surface area contributed by atoms with Crippen molar-refractivity contribution in [2.24, 2.45) is 17.6 Å². The zero-order chi connectivity index (χ0) is 13.3. The van der Waals surface area contributed by atoms with Crippen LogP contribution in [0.25, 0.3) is 0 Å². The van der Waals surface area contributed by atoms with Crippen molar-refractivity contribution in [2.75, 3.05) is 0 Å². The van der Waals surface area contributed by atoms with Crippen LogP contribution in [0.2, 0.25) is 0 Å². The summed E-state index contributed by atoms with van der Waals surface area (Å²) in [5, 5.41) is 0. The molecule has 0 spiro atoms. The van der Waals surface area contributed by atoms with Crippen molar-refractivity contribution in [1.82, 2.24) is 0 Å². The third-order valence-electron chi connectivity index (χ3n) is 5.88. The average molecular weight is 259 g/mol. The zero-order valence-corrected chi connectivity index (χ0v) is 11.6. The predicted octanol–water partition coefficient (Wildman–Crippen LogP) is 3.68. The molecular formula is C17H22FN. The molecule has 2 unspecified atom stereocenters. The molecule has 2 atom stereocenters. The fraction of sp³-hybridized carbons (Fsp3) is 0.647. The van der Waals surface area contributed by atoms with Crippen molar-refractivity contribution in [2.45, 2.75) is 56.4 Å². The molecule has 0 saturated heterocycles. The van der Waals surface area contributed by atoms with Crippen LogP contribution < -0.4 is 5.73 Å². The van der Waals surface area contributed by atoms with E-state index in [1.54, 1.807) is 6.07 Å². The highest BCUT2D eigenvalue weighted by Gasteiger charge is 2.56. The van der Waals surface area contributed by atoms with Crippen molar-refractivity contribution in [1.29, 1.82) is 0 Å². The Hall–Kier alpha value is -0.890. The molecule has 1 aromatic carbocycles. The lowest BCUT2D eigenvalue weighted by Crippen LogP contribution is -2.61. The van der Waals surface area contributed by atoms with E-state index in [2.05, 4.69) is 6.07 Å². The molecule has 1 nitrogen and oxygen atoms in total. The Morgan fingerprint density at radius 2 is 1.84 bits per heavy atom. The van der Waals surface area contributed by atoms with Crippen molar-refractivity contribution in [3.63, 3.8) is 0 Å². The number of halogens is 1. The molecule has 0 amide bonds. The number of benzene rings is 1. The van der Waals surface area contributed by atoms with E-state index in [1.165, 1.54) is 37.7 Å². The topological polar surface area (TPSA) is 26.0 Å². The van der Waals surface area contributed by atoms with Gasteiger partial charge in [-0.1, -0.05) is 12.1 Å². The molecule has 4 aliphatic carbocycles. The molecule has 5 rings (SSSR count). The SMILES string of the molecule is Cc1cc(C23CC4CC(CC(N)(C4)C2)C3)ccc1F. The molecule has 0 heterocycles. The van der Waals surface area contributed by atoms with E-state index in [0.29, 0.717) is 0 Å². The first-order valence-corrected chi connectivity index (χ1v) is 7.54. The van der Waals surface area contributed by atoms with Crippen LogP contribution in [0.15, 0.2) is 18.2 Å². The van der Waals surface area contributed by atoms with E-state index in [0.717, 1.165) is 23.8 Å². The van der Waals surface area contributed by atoms with E-state index in [4.69, 9.17) is 5.73 Å². The highest BCUT2D eigenvalue weighted by molar-refractivity contribution is 5.34. The van der Waals surface area contributed by atoms with E-state index in [1.807, 2.05) is 13.0 Å². The van der Waals surface area contributed by atoms with Gasteiger partial charge < -0.3 is 5.73 Å². The van der Waals surface area contributed by atoms with Crippen LogP contribution in [0.5, 0.6) is 0 Å². The molecule has 102 valence electrons. The second-order valence-electron chi connectivity index (χ2n) is 7.57. The molecule has 0 aromatic heterocycles. The van der Waals surface area contributed by atoms with E-state index in [-0.39, 0.29) is 16.8 Å². The number of hydrogen-bond donors (Lipinski definition) is 1. The van der Waals surface area contributed by atoms with Gasteiger partial charge >= 0.3 is 0 Å². The first-order chi connectivity index (χ1) is 8.98. The largest absolute Gasteiger partial charge is 0.325 e. The lowest BCUT2D eigenvalue weighted by molar-refractivity contribution is -0.0227. The van der Waals surface area contributed by atoms with Crippen molar-refractivity contribution in [3.8, 4) is 0 Å². The monoisotopic (exact) mass is 259 g/mol. The molecule has 4 aliphatic rings. The molecule has 2 N–H and O–H groups in total. The summed E-state index contributed by atoms with van der Waals surface area (Å²) in [7, 11) is 0. The second-order valence-corrected chi connectivity index (χ2v) is 7.57. The summed E-state index contributed by atoms with van der Waals surface area (Å²) in [6.45, 7) is 1.87. The van der Waals surface area contributed by atoms with Crippen LogP contribution >= 0.6 is 0 Å². The van der Waals surface area contributed by atoms with Crippen LogP contribution in [0, 0.1) is 24.6 Å². The van der Waals surface area contributed by atoms with Crippen LogP contribution in [-0.2, 0) is 5.41 Å². The van der Waals surface area contributed by atoms with E-state index >= 15 is 0 Å². The van der Waals surface area contributed by atoms with Gasteiger partial charge in [-0.3, -0.25) is 0 Å². The average Bonchev–Trinajstić information content (AvgIpc) is 2.29. The van der Waals surface area contributed by atoms with Gasteiger partial charge in [-0.2, -0.15) is 0 Å². The van der Waals surface area contributed by atoms with Gasteiger partial charge in [-0.05, 0) is 79.9 Å². The summed E-state index contributed by atoms with van der Waals surface area (Å²) < 4.78 is 13.5. The number of nitrogens with two attached hydrogens (primary N) is 1. The van der Waals surface area contributed by atoms with Gasteiger partial charge in [0, 0.05) is 5.54 Å². The summed E-state index contributed by atoms with van der Waals surface area (Å²) in [5.74, 6) is 1.52. The fourth-order valence-corrected chi connectivity index (χ4v) is 5.65. The minimum atomic E-state index is -0.0871. The van der Waals surface area contributed by atoms with Crippen molar-refractivity contribution in [3.05, 3.63) is 35.1 Å². The molecule has 4 fully saturated rings. The normalized spacial score (nSPS) is 43.7. The van der Waals surface area contributed by atoms with Crippen molar-refractivity contribution < 1.29 is 4.39 Å². The first kappa shape index (κ1) is 11.9. The Balaban J connectivity index is 1.79. The smallest absolute Gasteiger partial charge is 0.126 e. The third-order valence-corrected chi connectivity index (χ3v) is 5.88. The quantitative estimate of drug-likeness (QED) is 0.818. The number of hydrogen-bond acceptors (Lipinski definition) is 1. The van der Waals surface area contributed by atoms with Crippen LogP contribution in [-0.4, -0.2) is 5.54 Å². The van der Waals surface area contributed by atoms with Gasteiger partial charge in [0.1, 0.15) is 5.82 Å². The van der Waals surface area contributed by atoms with Gasteiger partial charge in [0.15, 0.2) is 0 Å². The lowest BCUT2D eigenvalue weighted by Gasteiger charge is -2.61. The summed E-state index contributed by atoms with van der Waals surface area (Å²) in [6, 6.07) is 5.73. The predicted molar refractivity (Wildman–Crippen MR) is 74.4 cm³/mol.